The predicted molar refractivity (Wildman–Crippen MR) is 114 cm³/mol. The third-order valence-electron chi connectivity index (χ3n) is 4.36. The number of hydrogen-bond donors (Lipinski definition) is 2. The van der Waals surface area contributed by atoms with Crippen molar-refractivity contribution in [3.05, 3.63) is 89.5 Å². The van der Waals surface area contributed by atoms with E-state index in [-0.39, 0.29) is 21.8 Å². The average Bonchev–Trinajstić information content (AvgIpc) is 3.18. The van der Waals surface area contributed by atoms with E-state index in [1.807, 2.05) is 13.0 Å². The van der Waals surface area contributed by atoms with Crippen molar-refractivity contribution in [1.29, 1.82) is 0 Å². The maximum Gasteiger partial charge on any atom is 0.339 e. The van der Waals surface area contributed by atoms with Gasteiger partial charge in [-0.05, 0) is 37.3 Å². The largest absolute Gasteiger partial charge is 0.507 e. The van der Waals surface area contributed by atoms with Crippen molar-refractivity contribution in [3.8, 4) is 11.5 Å². The van der Waals surface area contributed by atoms with Gasteiger partial charge in [0.25, 0.3) is 0 Å². The van der Waals surface area contributed by atoms with Crippen molar-refractivity contribution in [2.24, 2.45) is 5.10 Å². The van der Waals surface area contributed by atoms with Crippen molar-refractivity contribution >= 4 is 26.9 Å². The summed E-state index contributed by atoms with van der Waals surface area (Å²) in [6.07, 6.45) is 0. The molecule has 3 aromatic rings. The lowest BCUT2D eigenvalue weighted by Crippen LogP contribution is -2.14. The van der Waals surface area contributed by atoms with Crippen LogP contribution in [0.15, 0.2) is 82.8 Å². The number of aryl methyl sites for hydroxylation is 1. The van der Waals surface area contributed by atoms with Crippen molar-refractivity contribution in [1.82, 2.24) is 5.43 Å². The van der Waals surface area contributed by atoms with Crippen LogP contribution in [0.2, 0.25) is 0 Å². The predicted octanol–water partition coefficient (Wildman–Crippen LogP) is 4.17. The van der Waals surface area contributed by atoms with Crippen LogP contribution in [0.5, 0.6) is 11.5 Å². The summed E-state index contributed by atoms with van der Waals surface area (Å²) in [5.74, 6) is 0.361. The van der Waals surface area contributed by atoms with Gasteiger partial charge in [0.2, 0.25) is 0 Å². The molecule has 0 saturated heterocycles. The molecule has 0 saturated carbocycles. The molecule has 8 heteroatoms. The Morgan fingerprint density at radius 1 is 1.00 bits per heavy atom. The van der Waals surface area contributed by atoms with E-state index in [2.05, 4.69) is 10.5 Å². The Labute approximate surface area is 173 Å². The normalized spacial score (nSPS) is 16.2. The molecule has 0 aromatic heterocycles. The van der Waals surface area contributed by atoms with Gasteiger partial charge in [-0.1, -0.05) is 59.8 Å². The lowest BCUT2D eigenvalue weighted by atomic mass is 10.2. The fourth-order valence-corrected chi connectivity index (χ4v) is 4.85. The molecule has 148 valence electrons. The van der Waals surface area contributed by atoms with Crippen LogP contribution in [0.25, 0.3) is 0 Å². The quantitative estimate of drug-likeness (QED) is 0.596. The third-order valence-corrected chi connectivity index (χ3v) is 6.74. The van der Waals surface area contributed by atoms with Crippen molar-refractivity contribution in [2.45, 2.75) is 17.2 Å². The van der Waals surface area contributed by atoms with Crippen LogP contribution in [-0.4, -0.2) is 18.6 Å². The first-order valence-electron chi connectivity index (χ1n) is 8.82. The number of phenols is 1. The number of aromatic hydroxyl groups is 1. The maximum atomic E-state index is 12.7. The molecular weight excluding hydrogens is 408 g/mol. The van der Waals surface area contributed by atoms with Crippen LogP contribution in [0, 0.1) is 6.92 Å². The molecule has 0 unspecified atom stereocenters. The van der Waals surface area contributed by atoms with E-state index in [1.54, 1.807) is 54.6 Å². The first kappa shape index (κ1) is 19.4. The Hall–Kier alpha value is -2.97. The topological polar surface area (TPSA) is 88.0 Å². The fourth-order valence-electron chi connectivity index (χ4n) is 2.84. The number of para-hydroxylation sites is 2. The molecule has 3 aromatic carbocycles. The van der Waals surface area contributed by atoms with E-state index in [9.17, 15) is 13.5 Å². The van der Waals surface area contributed by atoms with E-state index in [4.69, 9.17) is 4.18 Å². The van der Waals surface area contributed by atoms with Gasteiger partial charge in [0.15, 0.2) is 0 Å². The van der Waals surface area contributed by atoms with Gasteiger partial charge in [0, 0.05) is 5.56 Å². The number of hydrogen-bond acceptors (Lipinski definition) is 7. The highest BCUT2D eigenvalue weighted by molar-refractivity contribution is 8.14. The molecule has 0 fully saturated rings. The van der Waals surface area contributed by atoms with Gasteiger partial charge in [-0.3, -0.25) is 5.43 Å². The highest BCUT2D eigenvalue weighted by atomic mass is 32.2. The second-order valence-electron chi connectivity index (χ2n) is 6.45. The molecule has 1 heterocycles. The van der Waals surface area contributed by atoms with Gasteiger partial charge in [-0.2, -0.15) is 13.5 Å². The Bertz CT molecular complexity index is 1180. The minimum atomic E-state index is -3.97. The van der Waals surface area contributed by atoms with Crippen LogP contribution in [0.4, 0.5) is 0 Å². The van der Waals surface area contributed by atoms with Gasteiger partial charge >= 0.3 is 10.1 Å². The summed E-state index contributed by atoms with van der Waals surface area (Å²) in [6, 6.07) is 20.3. The molecule has 1 atom stereocenters. The van der Waals surface area contributed by atoms with Crippen molar-refractivity contribution in [3.63, 3.8) is 0 Å². The first-order valence-corrected chi connectivity index (χ1v) is 11.1. The molecule has 0 aliphatic carbocycles. The van der Waals surface area contributed by atoms with Gasteiger partial charge in [0.1, 0.15) is 26.8 Å². The number of thioether (sulfide) groups is 1. The monoisotopic (exact) mass is 426 g/mol. The third kappa shape index (κ3) is 4.08. The van der Waals surface area contributed by atoms with Gasteiger partial charge in [-0.15, -0.1) is 0 Å². The summed E-state index contributed by atoms with van der Waals surface area (Å²) in [5, 5.41) is 14.6. The number of rotatable bonds is 5. The SMILES string of the molecule is Cc1ccc(S(=O)(=O)Oc2ccccc2[C@@H]2NN=C(c3ccccc3O)S2)cc1. The minimum Gasteiger partial charge on any atom is -0.507 e. The molecule has 6 nitrogen and oxygen atoms in total. The van der Waals surface area contributed by atoms with Gasteiger partial charge in [0.05, 0.1) is 5.56 Å². The molecule has 2 N–H and O–H groups in total. The highest BCUT2D eigenvalue weighted by Gasteiger charge is 2.28. The summed E-state index contributed by atoms with van der Waals surface area (Å²) in [4.78, 5) is 0.0936. The standard InChI is InChI=1S/C21H18N2O4S2/c1-14-10-12-15(13-11-14)29(25,26)27-19-9-5-3-7-17(19)21-23-22-20(28-21)16-6-2-4-8-18(16)24/h2-13,21,23-24H,1H3/t21-/m1/s1. The zero-order valence-electron chi connectivity index (χ0n) is 15.4. The number of nitrogens with one attached hydrogen (secondary N) is 1. The maximum absolute atomic E-state index is 12.7. The molecule has 0 bridgehead atoms. The lowest BCUT2D eigenvalue weighted by molar-refractivity contribution is 0.474. The second kappa shape index (κ2) is 7.81. The Balaban J connectivity index is 1.58. The molecular formula is C21H18N2O4S2. The van der Waals surface area contributed by atoms with E-state index in [0.29, 0.717) is 16.2 Å². The zero-order chi connectivity index (χ0) is 20.4. The van der Waals surface area contributed by atoms with Crippen LogP contribution < -0.4 is 9.61 Å². The highest BCUT2D eigenvalue weighted by Crippen LogP contribution is 2.40. The van der Waals surface area contributed by atoms with Crippen LogP contribution in [0.3, 0.4) is 0 Å². The Kier molecular flexibility index (Phi) is 5.21. The van der Waals surface area contributed by atoms with Gasteiger partial charge in [-0.25, -0.2) is 0 Å². The van der Waals surface area contributed by atoms with Crippen molar-refractivity contribution in [2.75, 3.05) is 0 Å². The molecule has 29 heavy (non-hydrogen) atoms. The summed E-state index contributed by atoms with van der Waals surface area (Å²) >= 11 is 1.37. The number of benzene rings is 3. The minimum absolute atomic E-state index is 0.0936. The van der Waals surface area contributed by atoms with Gasteiger partial charge < -0.3 is 9.29 Å². The number of nitrogens with zero attached hydrogens (tertiary/aromatic N) is 1. The average molecular weight is 427 g/mol. The van der Waals surface area contributed by atoms with Crippen LogP contribution >= 0.6 is 11.8 Å². The van der Waals surface area contributed by atoms with Crippen LogP contribution in [-0.2, 0) is 10.1 Å². The fraction of sp³-hybridized carbons (Fsp3) is 0.0952. The van der Waals surface area contributed by atoms with Crippen molar-refractivity contribution < 1.29 is 17.7 Å². The molecule has 0 radical (unpaired) electrons. The molecule has 1 aliphatic heterocycles. The smallest absolute Gasteiger partial charge is 0.339 e. The summed E-state index contributed by atoms with van der Waals surface area (Å²) in [6.45, 7) is 1.89. The van der Waals surface area contributed by atoms with Crippen LogP contribution in [0.1, 0.15) is 22.1 Å². The Morgan fingerprint density at radius 3 is 2.45 bits per heavy atom. The van der Waals surface area contributed by atoms with E-state index in [1.165, 1.54) is 23.9 Å². The van der Waals surface area contributed by atoms with E-state index < -0.39 is 10.1 Å². The molecule has 1 aliphatic rings. The zero-order valence-corrected chi connectivity index (χ0v) is 17.1. The summed E-state index contributed by atoms with van der Waals surface area (Å²) < 4.78 is 30.9. The van der Waals surface area contributed by atoms with E-state index >= 15 is 0 Å². The first-order chi connectivity index (χ1) is 13.9. The molecule has 4 rings (SSSR count). The molecule has 0 amide bonds. The second-order valence-corrected chi connectivity index (χ2v) is 9.09. The lowest BCUT2D eigenvalue weighted by Gasteiger charge is -2.15. The Morgan fingerprint density at radius 2 is 1.69 bits per heavy atom. The molecule has 0 spiro atoms. The number of phenolic OH excluding ortho intramolecular Hbond substituents is 1. The van der Waals surface area contributed by atoms with E-state index in [0.717, 1.165) is 5.56 Å². The summed E-state index contributed by atoms with van der Waals surface area (Å²) in [7, 11) is -3.97. The number of hydrazone groups is 1. The summed E-state index contributed by atoms with van der Waals surface area (Å²) in [5.41, 5.74) is 5.20.